The van der Waals surface area contributed by atoms with Gasteiger partial charge in [0.2, 0.25) is 0 Å². The number of nitrogens with one attached hydrogen (secondary N) is 1. The molecule has 0 aliphatic carbocycles. The lowest BCUT2D eigenvalue weighted by Crippen LogP contribution is -2.29. The van der Waals surface area contributed by atoms with Crippen LogP contribution in [0.1, 0.15) is 24.5 Å². The maximum absolute atomic E-state index is 5.33. The summed E-state index contributed by atoms with van der Waals surface area (Å²) in [6.45, 7) is 2.17. The molecule has 4 heteroatoms. The molecule has 1 aliphatic rings. The highest BCUT2D eigenvalue weighted by atomic mass is 16.5. The molecule has 1 unspecified atom stereocenters. The average molecular weight is 271 g/mol. The molecule has 1 saturated heterocycles. The zero-order valence-corrected chi connectivity index (χ0v) is 12.1. The quantitative estimate of drug-likeness (QED) is 0.932. The van der Waals surface area contributed by atoms with E-state index in [0.717, 1.165) is 18.8 Å². The minimum absolute atomic E-state index is 0.539. The number of methoxy groups -OCH3 is 1. The molecule has 20 heavy (non-hydrogen) atoms. The number of rotatable bonds is 3. The zero-order chi connectivity index (χ0) is 13.9. The molecule has 2 aromatic rings. The van der Waals surface area contributed by atoms with E-state index in [9.17, 15) is 0 Å². The highest BCUT2D eigenvalue weighted by molar-refractivity contribution is 5.67. The van der Waals surface area contributed by atoms with Crippen molar-refractivity contribution in [1.82, 2.24) is 15.1 Å². The number of ether oxygens (including phenoxy) is 1. The summed E-state index contributed by atoms with van der Waals surface area (Å²) in [5.41, 5.74) is 3.73. The van der Waals surface area contributed by atoms with E-state index in [4.69, 9.17) is 4.74 Å². The molecule has 2 heterocycles. The number of piperidine rings is 1. The smallest absolute Gasteiger partial charge is 0.119 e. The normalized spacial score (nSPS) is 19.0. The van der Waals surface area contributed by atoms with E-state index < -0.39 is 0 Å². The lowest BCUT2D eigenvalue weighted by atomic mass is 9.91. The van der Waals surface area contributed by atoms with Gasteiger partial charge in [0.25, 0.3) is 0 Å². The van der Waals surface area contributed by atoms with Crippen molar-refractivity contribution in [3.63, 3.8) is 0 Å². The third-order valence-corrected chi connectivity index (χ3v) is 4.05. The fraction of sp³-hybridized carbons (Fsp3) is 0.438. The van der Waals surface area contributed by atoms with Gasteiger partial charge in [-0.2, -0.15) is 5.10 Å². The predicted octanol–water partition coefficient (Wildman–Crippen LogP) is 2.56. The summed E-state index contributed by atoms with van der Waals surface area (Å²) in [6, 6.07) is 8.21. The first-order chi connectivity index (χ1) is 9.79. The summed E-state index contributed by atoms with van der Waals surface area (Å²) in [5.74, 6) is 1.43. The predicted molar refractivity (Wildman–Crippen MR) is 80.0 cm³/mol. The Morgan fingerprint density at radius 2 is 2.30 bits per heavy atom. The minimum atomic E-state index is 0.539. The van der Waals surface area contributed by atoms with Crippen molar-refractivity contribution in [2.75, 3.05) is 20.2 Å². The van der Waals surface area contributed by atoms with E-state index in [1.54, 1.807) is 7.11 Å². The van der Waals surface area contributed by atoms with Crippen molar-refractivity contribution >= 4 is 0 Å². The maximum atomic E-state index is 5.33. The Hall–Kier alpha value is -1.81. The Labute approximate surface area is 119 Å². The Morgan fingerprint density at radius 3 is 3.05 bits per heavy atom. The SMILES string of the molecule is COc1cccc(-c2cnn(C)c2C2CCCNC2)c1. The second-order valence-corrected chi connectivity index (χ2v) is 5.34. The number of nitrogens with zero attached hydrogens (tertiary/aromatic N) is 2. The molecule has 1 aliphatic heterocycles. The van der Waals surface area contributed by atoms with Gasteiger partial charge >= 0.3 is 0 Å². The van der Waals surface area contributed by atoms with E-state index in [0.29, 0.717) is 5.92 Å². The first-order valence-electron chi connectivity index (χ1n) is 7.16. The summed E-state index contributed by atoms with van der Waals surface area (Å²) < 4.78 is 7.35. The third-order valence-electron chi connectivity index (χ3n) is 4.05. The first kappa shape index (κ1) is 13.2. The van der Waals surface area contributed by atoms with Gasteiger partial charge in [-0.05, 0) is 37.1 Å². The van der Waals surface area contributed by atoms with Gasteiger partial charge in [0.15, 0.2) is 0 Å². The van der Waals surface area contributed by atoms with E-state index in [1.165, 1.54) is 29.7 Å². The van der Waals surface area contributed by atoms with Crippen LogP contribution in [0.25, 0.3) is 11.1 Å². The molecular weight excluding hydrogens is 250 g/mol. The molecule has 0 amide bonds. The van der Waals surface area contributed by atoms with E-state index >= 15 is 0 Å². The summed E-state index contributed by atoms with van der Waals surface area (Å²) in [4.78, 5) is 0. The van der Waals surface area contributed by atoms with Crippen LogP contribution < -0.4 is 10.1 Å². The molecule has 0 spiro atoms. The Balaban J connectivity index is 2.00. The summed E-state index contributed by atoms with van der Waals surface area (Å²) in [7, 11) is 3.74. The van der Waals surface area contributed by atoms with Crippen LogP contribution in [0.3, 0.4) is 0 Å². The van der Waals surface area contributed by atoms with E-state index in [-0.39, 0.29) is 0 Å². The van der Waals surface area contributed by atoms with Gasteiger partial charge in [-0.3, -0.25) is 4.68 Å². The van der Waals surface area contributed by atoms with Gasteiger partial charge in [-0.25, -0.2) is 0 Å². The van der Waals surface area contributed by atoms with Crippen molar-refractivity contribution in [3.05, 3.63) is 36.2 Å². The summed E-state index contributed by atoms with van der Waals surface area (Å²) in [5, 5.41) is 7.96. The van der Waals surface area contributed by atoms with E-state index in [2.05, 4.69) is 22.5 Å². The highest BCUT2D eigenvalue weighted by Gasteiger charge is 2.22. The third kappa shape index (κ3) is 2.43. The summed E-state index contributed by atoms with van der Waals surface area (Å²) in [6.07, 6.45) is 4.43. The number of aromatic nitrogens is 2. The molecule has 0 saturated carbocycles. The molecule has 1 aromatic carbocycles. The fourth-order valence-corrected chi connectivity index (χ4v) is 3.03. The van der Waals surface area contributed by atoms with Crippen LogP contribution in [0.15, 0.2) is 30.5 Å². The van der Waals surface area contributed by atoms with Gasteiger partial charge in [0.1, 0.15) is 5.75 Å². The molecule has 1 fully saturated rings. The molecule has 3 rings (SSSR count). The van der Waals surface area contributed by atoms with Crippen LogP contribution in [0.5, 0.6) is 5.75 Å². The van der Waals surface area contributed by atoms with Crippen LogP contribution in [0, 0.1) is 0 Å². The molecule has 0 bridgehead atoms. The largest absolute Gasteiger partial charge is 0.497 e. The molecular formula is C16H21N3O. The monoisotopic (exact) mass is 271 g/mol. The van der Waals surface area contributed by atoms with Crippen LogP contribution in [-0.2, 0) is 7.05 Å². The van der Waals surface area contributed by atoms with Crippen molar-refractivity contribution in [3.8, 4) is 16.9 Å². The van der Waals surface area contributed by atoms with Crippen molar-refractivity contribution in [2.24, 2.45) is 7.05 Å². The number of benzene rings is 1. The maximum Gasteiger partial charge on any atom is 0.119 e. The first-order valence-corrected chi connectivity index (χ1v) is 7.16. The minimum Gasteiger partial charge on any atom is -0.497 e. The Kier molecular flexibility index (Phi) is 3.74. The van der Waals surface area contributed by atoms with Crippen molar-refractivity contribution < 1.29 is 4.74 Å². The number of aryl methyl sites for hydroxylation is 1. The molecule has 0 radical (unpaired) electrons. The molecule has 1 aromatic heterocycles. The molecule has 1 atom stereocenters. The van der Waals surface area contributed by atoms with Crippen LogP contribution in [0.2, 0.25) is 0 Å². The average Bonchev–Trinajstić information content (AvgIpc) is 2.90. The lowest BCUT2D eigenvalue weighted by molar-refractivity contribution is 0.415. The van der Waals surface area contributed by atoms with Crippen molar-refractivity contribution in [2.45, 2.75) is 18.8 Å². The Morgan fingerprint density at radius 1 is 1.40 bits per heavy atom. The fourth-order valence-electron chi connectivity index (χ4n) is 3.03. The van der Waals surface area contributed by atoms with Gasteiger partial charge in [0, 0.05) is 25.1 Å². The van der Waals surface area contributed by atoms with Crippen LogP contribution in [0.4, 0.5) is 0 Å². The zero-order valence-electron chi connectivity index (χ0n) is 12.1. The van der Waals surface area contributed by atoms with Gasteiger partial charge in [-0.1, -0.05) is 12.1 Å². The summed E-state index contributed by atoms with van der Waals surface area (Å²) >= 11 is 0. The van der Waals surface area contributed by atoms with Gasteiger partial charge in [-0.15, -0.1) is 0 Å². The number of hydrogen-bond acceptors (Lipinski definition) is 3. The van der Waals surface area contributed by atoms with Gasteiger partial charge < -0.3 is 10.1 Å². The molecule has 1 N–H and O–H groups in total. The van der Waals surface area contributed by atoms with Crippen molar-refractivity contribution in [1.29, 1.82) is 0 Å². The molecule has 4 nitrogen and oxygen atoms in total. The Bertz CT molecular complexity index is 585. The number of hydrogen-bond donors (Lipinski definition) is 1. The second kappa shape index (κ2) is 5.67. The van der Waals surface area contributed by atoms with Gasteiger partial charge in [0.05, 0.1) is 19.0 Å². The standard InChI is InChI=1S/C16H21N3O/c1-19-16(13-6-4-8-17-10-13)15(11-18-19)12-5-3-7-14(9-12)20-2/h3,5,7,9,11,13,17H,4,6,8,10H2,1-2H3. The second-order valence-electron chi connectivity index (χ2n) is 5.34. The topological polar surface area (TPSA) is 39.1 Å². The molecule has 106 valence electrons. The van der Waals surface area contributed by atoms with E-state index in [1.807, 2.05) is 30.1 Å². The van der Waals surface area contributed by atoms with Crippen LogP contribution >= 0.6 is 0 Å². The van der Waals surface area contributed by atoms with Crippen LogP contribution in [-0.4, -0.2) is 30.0 Å². The highest BCUT2D eigenvalue weighted by Crippen LogP contribution is 2.33. The lowest BCUT2D eigenvalue weighted by Gasteiger charge is -2.24.